The van der Waals surface area contributed by atoms with E-state index in [0.29, 0.717) is 18.1 Å². The van der Waals surface area contributed by atoms with Crippen molar-refractivity contribution in [3.63, 3.8) is 0 Å². The normalized spacial score (nSPS) is 24.6. The van der Waals surface area contributed by atoms with Gasteiger partial charge in [0.05, 0.1) is 6.07 Å². The summed E-state index contributed by atoms with van der Waals surface area (Å²) in [4.78, 5) is 11.2. The molecule has 0 heterocycles. The fourth-order valence-corrected chi connectivity index (χ4v) is 1.80. The quantitative estimate of drug-likeness (QED) is 0.589. The van der Waals surface area contributed by atoms with Gasteiger partial charge in [0.1, 0.15) is 5.78 Å². The minimum absolute atomic E-state index is 0.399. The van der Waals surface area contributed by atoms with Gasteiger partial charge in [-0.1, -0.05) is 6.42 Å². The molecule has 2 heteroatoms. The Labute approximate surface area is 73.6 Å². The van der Waals surface area contributed by atoms with Crippen LogP contribution in [0.3, 0.4) is 0 Å². The molecule has 0 N–H and O–H groups in total. The summed E-state index contributed by atoms with van der Waals surface area (Å²) in [5, 5.41) is 8.40. The maximum atomic E-state index is 11.2. The van der Waals surface area contributed by atoms with Crippen molar-refractivity contribution in [3.05, 3.63) is 0 Å². The van der Waals surface area contributed by atoms with E-state index >= 15 is 0 Å². The first-order chi connectivity index (χ1) is 5.83. The lowest BCUT2D eigenvalue weighted by atomic mass is 9.95. The summed E-state index contributed by atoms with van der Waals surface area (Å²) in [5.41, 5.74) is 0. The van der Waals surface area contributed by atoms with E-state index in [4.69, 9.17) is 5.26 Å². The summed E-state index contributed by atoms with van der Waals surface area (Å²) in [6.07, 6.45) is 6.39. The van der Waals surface area contributed by atoms with Crippen LogP contribution >= 0.6 is 0 Å². The highest BCUT2D eigenvalue weighted by molar-refractivity contribution is 5.78. The average Bonchev–Trinajstić information content (AvgIpc) is 2.26. The number of hydrogen-bond acceptors (Lipinski definition) is 2. The number of carbonyl (C=O) groups is 1. The predicted octanol–water partition coefficient (Wildman–Crippen LogP) is 2.44. The maximum absolute atomic E-state index is 11.2. The lowest BCUT2D eigenvalue weighted by Crippen LogP contribution is -2.04. The monoisotopic (exact) mass is 165 g/mol. The molecule has 1 rings (SSSR count). The van der Waals surface area contributed by atoms with E-state index in [1.807, 2.05) is 0 Å². The summed E-state index contributed by atoms with van der Waals surface area (Å²) in [6.45, 7) is 0. The van der Waals surface area contributed by atoms with Gasteiger partial charge in [0.2, 0.25) is 0 Å². The Morgan fingerprint density at radius 1 is 1.50 bits per heavy atom. The second kappa shape index (κ2) is 4.92. The molecular weight excluding hydrogens is 150 g/mol. The van der Waals surface area contributed by atoms with Crippen molar-refractivity contribution in [2.24, 2.45) is 5.92 Å². The van der Waals surface area contributed by atoms with Gasteiger partial charge in [0.25, 0.3) is 0 Å². The third-order valence-electron chi connectivity index (χ3n) is 2.50. The lowest BCUT2D eigenvalue weighted by Gasteiger charge is -2.09. The molecule has 0 amide bonds. The van der Waals surface area contributed by atoms with Gasteiger partial charge in [0.15, 0.2) is 0 Å². The van der Waals surface area contributed by atoms with Gasteiger partial charge in [-0.3, -0.25) is 4.79 Å². The Kier molecular flexibility index (Phi) is 3.79. The van der Waals surface area contributed by atoms with E-state index < -0.39 is 0 Å². The number of hydrogen-bond donors (Lipinski definition) is 0. The zero-order chi connectivity index (χ0) is 8.81. The zero-order valence-electron chi connectivity index (χ0n) is 7.38. The maximum Gasteiger partial charge on any atom is 0.133 e. The highest BCUT2D eigenvalue weighted by Crippen LogP contribution is 2.24. The Balaban J connectivity index is 2.32. The van der Waals surface area contributed by atoms with E-state index in [1.165, 1.54) is 6.42 Å². The first-order valence-corrected chi connectivity index (χ1v) is 4.71. The first-order valence-electron chi connectivity index (χ1n) is 4.71. The van der Waals surface area contributed by atoms with Crippen molar-refractivity contribution in [2.75, 3.05) is 0 Å². The third-order valence-corrected chi connectivity index (χ3v) is 2.50. The Bertz CT molecular complexity index is 193. The molecule has 0 aliphatic heterocycles. The number of nitriles is 1. The lowest BCUT2D eigenvalue weighted by molar-refractivity contribution is -0.119. The van der Waals surface area contributed by atoms with Crippen LogP contribution in [0.4, 0.5) is 0 Å². The van der Waals surface area contributed by atoms with Gasteiger partial charge in [-0.25, -0.2) is 0 Å². The van der Waals surface area contributed by atoms with Gasteiger partial charge in [-0.05, 0) is 25.2 Å². The third kappa shape index (κ3) is 3.04. The number of nitrogens with zero attached hydrogens (tertiary/aromatic N) is 1. The van der Waals surface area contributed by atoms with Crippen LogP contribution in [-0.4, -0.2) is 5.78 Å². The second-order valence-corrected chi connectivity index (χ2v) is 3.55. The van der Waals surface area contributed by atoms with Gasteiger partial charge in [-0.15, -0.1) is 0 Å². The molecule has 1 unspecified atom stereocenters. The van der Waals surface area contributed by atoms with Gasteiger partial charge in [0, 0.05) is 19.3 Å². The molecule has 1 saturated carbocycles. The number of rotatable bonds is 2. The molecule has 0 aromatic heterocycles. The largest absolute Gasteiger partial charge is 0.300 e. The molecule has 1 aliphatic rings. The number of ketones is 1. The average molecular weight is 165 g/mol. The molecule has 0 bridgehead atoms. The highest BCUT2D eigenvalue weighted by atomic mass is 16.1. The molecule has 0 aromatic carbocycles. The highest BCUT2D eigenvalue weighted by Gasteiger charge is 2.16. The fraction of sp³-hybridized carbons (Fsp3) is 0.800. The van der Waals surface area contributed by atoms with Crippen molar-refractivity contribution < 1.29 is 4.79 Å². The molecule has 0 saturated heterocycles. The van der Waals surface area contributed by atoms with E-state index in [2.05, 4.69) is 6.07 Å². The van der Waals surface area contributed by atoms with Crippen LogP contribution in [-0.2, 0) is 4.79 Å². The summed E-state index contributed by atoms with van der Waals surface area (Å²) >= 11 is 0. The van der Waals surface area contributed by atoms with Crippen molar-refractivity contribution in [3.8, 4) is 6.07 Å². The SMILES string of the molecule is N#CCCC1CCCCC(=O)C1. The molecule has 1 aliphatic carbocycles. The molecule has 0 radical (unpaired) electrons. The van der Waals surface area contributed by atoms with Gasteiger partial charge >= 0.3 is 0 Å². The van der Waals surface area contributed by atoms with E-state index in [0.717, 1.165) is 32.1 Å². The molecule has 66 valence electrons. The predicted molar refractivity (Wildman–Crippen MR) is 46.4 cm³/mol. The minimum Gasteiger partial charge on any atom is -0.300 e. The van der Waals surface area contributed by atoms with Crippen LogP contribution < -0.4 is 0 Å². The summed E-state index contributed by atoms with van der Waals surface area (Å²) < 4.78 is 0. The van der Waals surface area contributed by atoms with E-state index in [1.54, 1.807) is 0 Å². The smallest absolute Gasteiger partial charge is 0.133 e. The summed E-state index contributed by atoms with van der Waals surface area (Å²) in [5.74, 6) is 0.898. The van der Waals surface area contributed by atoms with Crippen LogP contribution in [0.25, 0.3) is 0 Å². The molecule has 1 atom stereocenters. The van der Waals surface area contributed by atoms with E-state index in [9.17, 15) is 4.79 Å². The van der Waals surface area contributed by atoms with Crippen molar-refractivity contribution in [2.45, 2.75) is 44.9 Å². The van der Waals surface area contributed by atoms with Crippen molar-refractivity contribution in [1.82, 2.24) is 0 Å². The van der Waals surface area contributed by atoms with Crippen LogP contribution in [0, 0.1) is 17.2 Å². The fourth-order valence-electron chi connectivity index (χ4n) is 1.80. The molecule has 0 aromatic rings. The summed E-state index contributed by atoms with van der Waals surface area (Å²) in [6, 6.07) is 2.14. The summed E-state index contributed by atoms with van der Waals surface area (Å²) in [7, 11) is 0. The topological polar surface area (TPSA) is 40.9 Å². The zero-order valence-corrected chi connectivity index (χ0v) is 7.38. The first kappa shape index (κ1) is 9.25. The second-order valence-electron chi connectivity index (χ2n) is 3.55. The standard InChI is InChI=1S/C10H15NO/c11-7-3-5-9-4-1-2-6-10(12)8-9/h9H,1-6,8H2. The minimum atomic E-state index is 0.399. The van der Waals surface area contributed by atoms with Gasteiger partial charge < -0.3 is 0 Å². The molecule has 12 heavy (non-hydrogen) atoms. The van der Waals surface area contributed by atoms with Crippen LogP contribution in [0.15, 0.2) is 0 Å². The van der Waals surface area contributed by atoms with Crippen molar-refractivity contribution in [1.29, 1.82) is 5.26 Å². The molecule has 1 fully saturated rings. The van der Waals surface area contributed by atoms with Crippen LogP contribution in [0.1, 0.15) is 44.9 Å². The van der Waals surface area contributed by atoms with Crippen LogP contribution in [0.2, 0.25) is 0 Å². The van der Waals surface area contributed by atoms with Gasteiger partial charge in [-0.2, -0.15) is 5.26 Å². The molecule has 0 spiro atoms. The van der Waals surface area contributed by atoms with Crippen molar-refractivity contribution >= 4 is 5.78 Å². The Hall–Kier alpha value is -0.840. The molecular formula is C10H15NO. The Morgan fingerprint density at radius 3 is 3.08 bits per heavy atom. The Morgan fingerprint density at radius 2 is 2.33 bits per heavy atom. The molecule has 2 nitrogen and oxygen atoms in total. The number of carbonyl (C=O) groups excluding carboxylic acids is 1. The van der Waals surface area contributed by atoms with Crippen LogP contribution in [0.5, 0.6) is 0 Å². The number of Topliss-reactive ketones (excluding diaryl/α,β-unsaturated/α-hetero) is 1. The van der Waals surface area contributed by atoms with E-state index in [-0.39, 0.29) is 0 Å².